The van der Waals surface area contributed by atoms with Gasteiger partial charge in [0.25, 0.3) is 11.5 Å². The van der Waals surface area contributed by atoms with E-state index in [0.29, 0.717) is 36.3 Å². The zero-order chi connectivity index (χ0) is 24.6. The molecule has 0 saturated carbocycles. The molecular weight excluding hydrogens is 473 g/mol. The summed E-state index contributed by atoms with van der Waals surface area (Å²) >= 11 is 1.44. The molecule has 2 aromatic heterocycles. The van der Waals surface area contributed by atoms with Crippen LogP contribution in [-0.4, -0.2) is 26.9 Å². The van der Waals surface area contributed by atoms with E-state index in [4.69, 9.17) is 0 Å². The van der Waals surface area contributed by atoms with Crippen LogP contribution >= 0.6 is 11.3 Å². The fourth-order valence-corrected chi connectivity index (χ4v) is 5.93. The highest BCUT2D eigenvalue weighted by molar-refractivity contribution is 7.18. The number of hydrogen-bond acceptors (Lipinski definition) is 4. The van der Waals surface area contributed by atoms with E-state index in [2.05, 4.69) is 29.2 Å². The molecule has 1 aliphatic rings. The van der Waals surface area contributed by atoms with Gasteiger partial charge in [0.15, 0.2) is 0 Å². The molecule has 0 atom stereocenters. The Labute approximate surface area is 211 Å². The predicted molar refractivity (Wildman–Crippen MR) is 140 cm³/mol. The molecule has 1 aliphatic heterocycles. The molecule has 0 unspecified atom stereocenters. The average Bonchev–Trinajstić information content (AvgIpc) is 3.30. The highest BCUT2D eigenvalue weighted by Crippen LogP contribution is 2.33. The number of thiophene rings is 1. The van der Waals surface area contributed by atoms with Gasteiger partial charge in [0.1, 0.15) is 10.6 Å². The summed E-state index contributed by atoms with van der Waals surface area (Å²) in [5, 5.41) is 0.636. The quantitative estimate of drug-likeness (QED) is 0.330. The van der Waals surface area contributed by atoms with Crippen molar-refractivity contribution in [2.24, 2.45) is 0 Å². The number of carbonyl (C=O) groups is 1. The Morgan fingerprint density at radius 2 is 1.67 bits per heavy atom. The molecule has 0 saturated heterocycles. The van der Waals surface area contributed by atoms with Gasteiger partial charge in [0.2, 0.25) is 0 Å². The molecule has 0 spiro atoms. The van der Waals surface area contributed by atoms with Gasteiger partial charge in [0.05, 0.1) is 30.4 Å². The van der Waals surface area contributed by atoms with Gasteiger partial charge in [-0.15, -0.1) is 11.3 Å². The molecular formula is C29H22FN3O2S. The first kappa shape index (κ1) is 22.4. The zero-order valence-electron chi connectivity index (χ0n) is 19.4. The number of hydrogen-bond donors (Lipinski definition) is 0. The van der Waals surface area contributed by atoms with Crippen molar-refractivity contribution < 1.29 is 9.18 Å². The van der Waals surface area contributed by atoms with Crippen LogP contribution in [0.2, 0.25) is 0 Å². The molecule has 36 heavy (non-hydrogen) atoms. The van der Waals surface area contributed by atoms with E-state index in [1.807, 2.05) is 30.3 Å². The van der Waals surface area contributed by atoms with Crippen molar-refractivity contribution in [3.05, 3.63) is 123 Å². The molecule has 0 bridgehead atoms. The van der Waals surface area contributed by atoms with Crippen LogP contribution in [0.25, 0.3) is 21.3 Å². The van der Waals surface area contributed by atoms with E-state index < -0.39 is 5.82 Å². The Balaban J connectivity index is 1.26. The van der Waals surface area contributed by atoms with Crippen molar-refractivity contribution in [2.45, 2.75) is 19.5 Å². The van der Waals surface area contributed by atoms with Gasteiger partial charge in [-0.25, -0.2) is 9.37 Å². The largest absolute Gasteiger partial charge is 0.333 e. The van der Waals surface area contributed by atoms with Crippen molar-refractivity contribution in [1.29, 1.82) is 0 Å². The summed E-state index contributed by atoms with van der Waals surface area (Å²) in [5.74, 6) is -0.855. The van der Waals surface area contributed by atoms with Crippen LogP contribution in [0.4, 0.5) is 4.39 Å². The zero-order valence-corrected chi connectivity index (χ0v) is 20.2. The normalized spacial score (nSPS) is 13.1. The van der Waals surface area contributed by atoms with Crippen LogP contribution < -0.4 is 5.56 Å². The van der Waals surface area contributed by atoms with Crippen molar-refractivity contribution >= 4 is 27.5 Å². The lowest BCUT2D eigenvalue weighted by molar-refractivity contribution is 0.0732. The molecule has 3 aromatic carbocycles. The number of fused-ring (bicyclic) bond motifs is 3. The Morgan fingerprint density at radius 3 is 2.44 bits per heavy atom. The Hall–Kier alpha value is -4.10. The lowest BCUT2D eigenvalue weighted by Crippen LogP contribution is -2.36. The summed E-state index contributed by atoms with van der Waals surface area (Å²) in [5.41, 5.74) is 4.25. The summed E-state index contributed by atoms with van der Waals surface area (Å²) < 4.78 is 15.8. The van der Waals surface area contributed by atoms with E-state index in [0.717, 1.165) is 27.1 Å². The Bertz CT molecular complexity index is 1640. The number of amides is 1. The maximum Gasteiger partial charge on any atom is 0.262 e. The monoisotopic (exact) mass is 495 g/mol. The van der Waals surface area contributed by atoms with Gasteiger partial charge in [-0.05, 0) is 40.8 Å². The van der Waals surface area contributed by atoms with Crippen molar-refractivity contribution in [3.63, 3.8) is 0 Å². The van der Waals surface area contributed by atoms with Crippen molar-refractivity contribution in [2.75, 3.05) is 6.54 Å². The molecule has 0 fully saturated rings. The molecule has 5 nitrogen and oxygen atoms in total. The van der Waals surface area contributed by atoms with Crippen LogP contribution in [-0.2, 0) is 19.5 Å². The third kappa shape index (κ3) is 4.01. The maximum absolute atomic E-state index is 14.1. The Kier molecular flexibility index (Phi) is 5.70. The molecule has 5 aromatic rings. The van der Waals surface area contributed by atoms with Gasteiger partial charge < -0.3 is 4.90 Å². The van der Waals surface area contributed by atoms with E-state index in [1.54, 1.807) is 27.9 Å². The second kappa shape index (κ2) is 9.17. The second-order valence-corrected chi connectivity index (χ2v) is 9.96. The van der Waals surface area contributed by atoms with Gasteiger partial charge >= 0.3 is 0 Å². The number of carbonyl (C=O) groups excluding carboxylic acids is 1. The number of aromatic nitrogens is 2. The third-order valence-corrected chi connectivity index (χ3v) is 7.76. The van der Waals surface area contributed by atoms with Crippen LogP contribution in [0.1, 0.15) is 26.4 Å². The van der Waals surface area contributed by atoms with Crippen molar-refractivity contribution in [3.8, 4) is 11.1 Å². The first-order chi connectivity index (χ1) is 17.6. The third-order valence-electron chi connectivity index (χ3n) is 6.63. The maximum atomic E-state index is 14.1. The average molecular weight is 496 g/mol. The second-order valence-electron chi connectivity index (χ2n) is 8.88. The van der Waals surface area contributed by atoms with E-state index >= 15 is 0 Å². The molecule has 7 heteroatoms. The minimum atomic E-state index is -0.522. The summed E-state index contributed by atoms with van der Waals surface area (Å²) in [6, 6.07) is 24.4. The fraction of sp³-hybridized carbons (Fsp3) is 0.138. The minimum Gasteiger partial charge on any atom is -0.333 e. The molecule has 0 radical (unpaired) electrons. The number of halogens is 1. The minimum absolute atomic E-state index is 0.0702. The molecule has 178 valence electrons. The first-order valence-electron chi connectivity index (χ1n) is 11.8. The molecule has 6 rings (SSSR count). The van der Waals surface area contributed by atoms with E-state index in [-0.39, 0.29) is 17.0 Å². The smallest absolute Gasteiger partial charge is 0.262 e. The summed E-state index contributed by atoms with van der Waals surface area (Å²) in [4.78, 5) is 34.2. The van der Waals surface area contributed by atoms with Gasteiger partial charge in [-0.1, -0.05) is 66.7 Å². The molecule has 0 aliphatic carbocycles. The van der Waals surface area contributed by atoms with Crippen LogP contribution in [0, 0.1) is 5.82 Å². The molecule has 1 amide bonds. The standard InChI is InChI=1S/C29H22FN3O2S/c30-24-9-5-4-8-22(24)28(34)32-15-14-23-25(17-32)36-27-26(23)29(35)33(18-31-27)16-19-10-12-21(13-11-19)20-6-2-1-3-7-20/h1-13,18H,14-17H2. The number of nitrogens with zero attached hydrogens (tertiary/aromatic N) is 3. The number of benzene rings is 3. The topological polar surface area (TPSA) is 55.2 Å². The van der Waals surface area contributed by atoms with Gasteiger partial charge in [0, 0.05) is 11.4 Å². The predicted octanol–water partition coefficient (Wildman–Crippen LogP) is 5.51. The fourth-order valence-electron chi connectivity index (χ4n) is 4.74. The van der Waals surface area contributed by atoms with Crippen LogP contribution in [0.3, 0.4) is 0 Å². The SMILES string of the molecule is O=C(c1ccccc1F)N1CCc2c(sc3ncn(Cc4ccc(-c5ccccc5)cc4)c(=O)c23)C1. The first-order valence-corrected chi connectivity index (χ1v) is 12.6. The van der Waals surface area contributed by atoms with E-state index in [1.165, 1.54) is 23.5 Å². The highest BCUT2D eigenvalue weighted by atomic mass is 32.1. The van der Waals surface area contributed by atoms with Gasteiger partial charge in [-0.2, -0.15) is 0 Å². The van der Waals surface area contributed by atoms with E-state index in [9.17, 15) is 14.0 Å². The highest BCUT2D eigenvalue weighted by Gasteiger charge is 2.28. The Morgan fingerprint density at radius 1 is 0.944 bits per heavy atom. The lowest BCUT2D eigenvalue weighted by atomic mass is 10.0. The summed E-state index contributed by atoms with van der Waals surface area (Å²) in [7, 11) is 0. The lowest BCUT2D eigenvalue weighted by Gasteiger charge is -2.27. The van der Waals surface area contributed by atoms with Gasteiger partial charge in [-0.3, -0.25) is 14.2 Å². The van der Waals surface area contributed by atoms with Crippen LogP contribution in [0.5, 0.6) is 0 Å². The van der Waals surface area contributed by atoms with Crippen LogP contribution in [0.15, 0.2) is 90.0 Å². The van der Waals surface area contributed by atoms with Crippen molar-refractivity contribution in [1.82, 2.24) is 14.5 Å². The summed E-state index contributed by atoms with van der Waals surface area (Å²) in [6.07, 6.45) is 2.14. The summed E-state index contributed by atoms with van der Waals surface area (Å²) in [6.45, 7) is 1.21. The molecule has 0 N–H and O–H groups in total. The molecule has 3 heterocycles. The number of rotatable bonds is 4.